The Hall–Kier alpha value is -4.07. The molecule has 0 aliphatic heterocycles. The number of benzene rings is 3. The van der Waals surface area contributed by atoms with Gasteiger partial charge in [0.25, 0.3) is 11.8 Å². The number of amides is 3. The zero-order valence-corrected chi connectivity index (χ0v) is 17.2. The second-order valence-electron chi connectivity index (χ2n) is 7.08. The lowest BCUT2D eigenvalue weighted by Crippen LogP contribution is -2.38. The van der Waals surface area contributed by atoms with Crippen LogP contribution >= 0.6 is 0 Å². The highest BCUT2D eigenvalue weighted by Gasteiger charge is 2.14. The van der Waals surface area contributed by atoms with E-state index in [4.69, 9.17) is 0 Å². The van der Waals surface area contributed by atoms with Gasteiger partial charge in [0.2, 0.25) is 5.91 Å². The number of halogens is 2. The maximum Gasteiger partial charge on any atom is 0.255 e. The molecule has 0 aliphatic rings. The maximum atomic E-state index is 13.2. The second-order valence-corrected chi connectivity index (χ2v) is 7.08. The van der Waals surface area contributed by atoms with Crippen molar-refractivity contribution in [2.45, 2.75) is 13.0 Å². The quantitative estimate of drug-likeness (QED) is 0.525. The summed E-state index contributed by atoms with van der Waals surface area (Å²) in [6.45, 7) is 1.38. The van der Waals surface area contributed by atoms with Crippen molar-refractivity contribution in [2.75, 3.05) is 11.9 Å². The van der Waals surface area contributed by atoms with Crippen molar-refractivity contribution in [2.24, 2.45) is 0 Å². The Balaban J connectivity index is 1.55. The minimum absolute atomic E-state index is 0.217. The van der Waals surface area contributed by atoms with Gasteiger partial charge in [-0.15, -0.1) is 0 Å². The van der Waals surface area contributed by atoms with Gasteiger partial charge in [-0.05, 0) is 48.9 Å². The summed E-state index contributed by atoms with van der Waals surface area (Å²) in [5, 5.41) is 7.85. The van der Waals surface area contributed by atoms with E-state index in [-0.39, 0.29) is 18.0 Å². The van der Waals surface area contributed by atoms with E-state index in [1.165, 1.54) is 0 Å². The molecule has 0 saturated carbocycles. The molecule has 1 atom stereocenters. The van der Waals surface area contributed by atoms with Crippen LogP contribution in [0, 0.1) is 11.6 Å². The van der Waals surface area contributed by atoms with Crippen LogP contribution in [0.3, 0.4) is 0 Å². The predicted octanol–water partition coefficient (Wildman–Crippen LogP) is 3.82. The van der Waals surface area contributed by atoms with Crippen LogP contribution in [0.5, 0.6) is 0 Å². The molecule has 32 heavy (non-hydrogen) atoms. The van der Waals surface area contributed by atoms with Crippen LogP contribution in [0.15, 0.2) is 72.8 Å². The highest BCUT2D eigenvalue weighted by Crippen LogP contribution is 2.18. The summed E-state index contributed by atoms with van der Waals surface area (Å²) < 4.78 is 26.5. The van der Waals surface area contributed by atoms with Gasteiger partial charge >= 0.3 is 0 Å². The molecule has 0 aromatic heterocycles. The SMILES string of the molecule is CC(NC(=O)CNC(=O)c1cc(F)cc(F)c1)c1cccc(NC(=O)c2ccccc2)c1. The van der Waals surface area contributed by atoms with Crippen molar-refractivity contribution in [3.05, 3.63) is 101 Å². The highest BCUT2D eigenvalue weighted by molar-refractivity contribution is 6.04. The summed E-state index contributed by atoms with van der Waals surface area (Å²) in [5.41, 5.74) is 1.61. The molecule has 6 nitrogen and oxygen atoms in total. The topological polar surface area (TPSA) is 87.3 Å². The number of hydrogen-bond donors (Lipinski definition) is 3. The van der Waals surface area contributed by atoms with Gasteiger partial charge in [0.15, 0.2) is 0 Å². The molecule has 3 aromatic rings. The van der Waals surface area contributed by atoms with E-state index in [0.29, 0.717) is 17.3 Å². The number of carbonyl (C=O) groups excluding carboxylic acids is 3. The first-order valence-electron chi connectivity index (χ1n) is 9.82. The van der Waals surface area contributed by atoms with Crippen LogP contribution in [-0.4, -0.2) is 24.3 Å². The third-order valence-electron chi connectivity index (χ3n) is 4.59. The average molecular weight is 437 g/mol. The van der Waals surface area contributed by atoms with Gasteiger partial charge in [-0.2, -0.15) is 0 Å². The minimum atomic E-state index is -0.882. The normalized spacial score (nSPS) is 11.3. The van der Waals surface area contributed by atoms with Crippen LogP contribution in [-0.2, 0) is 4.79 Å². The molecule has 0 radical (unpaired) electrons. The third kappa shape index (κ3) is 6.21. The fraction of sp³-hybridized carbons (Fsp3) is 0.125. The summed E-state index contributed by atoms with van der Waals surface area (Å²) in [5.74, 6) is -3.27. The van der Waals surface area contributed by atoms with Crippen molar-refractivity contribution in [3.8, 4) is 0 Å². The van der Waals surface area contributed by atoms with E-state index >= 15 is 0 Å². The van der Waals surface area contributed by atoms with E-state index in [2.05, 4.69) is 16.0 Å². The molecule has 3 amide bonds. The molecule has 3 aromatic carbocycles. The molecule has 0 spiro atoms. The summed E-state index contributed by atoms with van der Waals surface area (Å²) in [6, 6.07) is 17.8. The first kappa shape index (κ1) is 22.6. The van der Waals surface area contributed by atoms with E-state index < -0.39 is 29.5 Å². The number of rotatable bonds is 7. The van der Waals surface area contributed by atoms with Gasteiger partial charge in [-0.1, -0.05) is 30.3 Å². The molecular formula is C24H21F2N3O3. The molecule has 8 heteroatoms. The lowest BCUT2D eigenvalue weighted by molar-refractivity contribution is -0.120. The third-order valence-corrected chi connectivity index (χ3v) is 4.59. The van der Waals surface area contributed by atoms with E-state index in [1.807, 2.05) is 6.07 Å². The van der Waals surface area contributed by atoms with Crippen LogP contribution in [0.4, 0.5) is 14.5 Å². The first-order valence-corrected chi connectivity index (χ1v) is 9.82. The van der Waals surface area contributed by atoms with Crippen LogP contribution in [0.2, 0.25) is 0 Å². The van der Waals surface area contributed by atoms with Crippen LogP contribution in [0.1, 0.15) is 39.2 Å². The fourth-order valence-corrected chi connectivity index (χ4v) is 3.00. The van der Waals surface area contributed by atoms with Gasteiger partial charge in [0, 0.05) is 22.9 Å². The van der Waals surface area contributed by atoms with Crippen molar-refractivity contribution in [3.63, 3.8) is 0 Å². The Kier molecular flexibility index (Phi) is 7.28. The predicted molar refractivity (Wildman–Crippen MR) is 116 cm³/mol. The minimum Gasteiger partial charge on any atom is -0.348 e. The molecule has 0 saturated heterocycles. The van der Waals surface area contributed by atoms with Gasteiger partial charge in [-0.3, -0.25) is 14.4 Å². The Labute approximate surface area is 183 Å². The molecule has 3 N–H and O–H groups in total. The fourth-order valence-electron chi connectivity index (χ4n) is 3.00. The second kappa shape index (κ2) is 10.3. The number of anilines is 1. The molecule has 164 valence electrons. The average Bonchev–Trinajstić information content (AvgIpc) is 2.77. The van der Waals surface area contributed by atoms with Gasteiger partial charge < -0.3 is 16.0 Å². The monoisotopic (exact) mass is 437 g/mol. The zero-order valence-electron chi connectivity index (χ0n) is 17.2. The van der Waals surface area contributed by atoms with Gasteiger partial charge in [0.05, 0.1) is 12.6 Å². The largest absolute Gasteiger partial charge is 0.348 e. The first-order chi connectivity index (χ1) is 15.3. The standard InChI is InChI=1S/C24H21F2N3O3/c1-15(28-22(30)14-27-23(31)18-10-19(25)13-20(26)11-18)17-8-5-9-21(12-17)29-24(32)16-6-3-2-4-7-16/h2-13,15H,14H2,1H3,(H,27,31)(H,28,30)(H,29,32). The summed E-state index contributed by atoms with van der Waals surface area (Å²) in [7, 11) is 0. The Morgan fingerprint density at radius 1 is 0.812 bits per heavy atom. The Bertz CT molecular complexity index is 1120. The molecule has 0 fully saturated rings. The molecule has 0 aliphatic carbocycles. The number of nitrogens with one attached hydrogen (secondary N) is 3. The van der Waals surface area contributed by atoms with Crippen molar-refractivity contribution >= 4 is 23.4 Å². The smallest absolute Gasteiger partial charge is 0.255 e. The zero-order chi connectivity index (χ0) is 23.1. The summed E-state index contributed by atoms with van der Waals surface area (Å²) in [6.07, 6.45) is 0. The van der Waals surface area contributed by atoms with Crippen molar-refractivity contribution in [1.29, 1.82) is 0 Å². The molecular weight excluding hydrogens is 416 g/mol. The lowest BCUT2D eigenvalue weighted by atomic mass is 10.1. The summed E-state index contributed by atoms with van der Waals surface area (Å²) in [4.78, 5) is 36.5. The van der Waals surface area contributed by atoms with Crippen LogP contribution < -0.4 is 16.0 Å². The Morgan fingerprint density at radius 2 is 1.50 bits per heavy atom. The van der Waals surface area contributed by atoms with E-state index in [1.54, 1.807) is 55.5 Å². The van der Waals surface area contributed by atoms with E-state index in [0.717, 1.165) is 17.7 Å². The van der Waals surface area contributed by atoms with Crippen LogP contribution in [0.25, 0.3) is 0 Å². The van der Waals surface area contributed by atoms with Crippen molar-refractivity contribution in [1.82, 2.24) is 10.6 Å². The lowest BCUT2D eigenvalue weighted by Gasteiger charge is -2.16. The Morgan fingerprint density at radius 3 is 2.19 bits per heavy atom. The van der Waals surface area contributed by atoms with E-state index in [9.17, 15) is 23.2 Å². The maximum absolute atomic E-state index is 13.2. The van der Waals surface area contributed by atoms with Crippen molar-refractivity contribution < 1.29 is 23.2 Å². The molecule has 0 bridgehead atoms. The number of carbonyl (C=O) groups is 3. The van der Waals surface area contributed by atoms with Gasteiger partial charge in [0.1, 0.15) is 11.6 Å². The molecule has 1 unspecified atom stereocenters. The van der Waals surface area contributed by atoms with Gasteiger partial charge in [-0.25, -0.2) is 8.78 Å². The summed E-state index contributed by atoms with van der Waals surface area (Å²) >= 11 is 0. The number of hydrogen-bond acceptors (Lipinski definition) is 3. The molecule has 0 heterocycles. The highest BCUT2D eigenvalue weighted by atomic mass is 19.1. The molecule has 3 rings (SSSR count).